The molecule has 0 amide bonds. The number of rotatable bonds is 6. The molecule has 0 saturated carbocycles. The monoisotopic (exact) mass is 419 g/mol. The number of nitrogens with zero attached hydrogens (tertiary/aromatic N) is 3. The van der Waals surface area contributed by atoms with Crippen molar-refractivity contribution in [2.75, 3.05) is 18.0 Å². The molecule has 0 radical (unpaired) electrons. The van der Waals surface area contributed by atoms with Crippen molar-refractivity contribution in [3.05, 3.63) is 51.6 Å². The summed E-state index contributed by atoms with van der Waals surface area (Å²) in [7, 11) is 0. The topological polar surface area (TPSA) is 86.5 Å². The van der Waals surface area contributed by atoms with E-state index in [9.17, 15) is 4.79 Å². The Morgan fingerprint density at radius 3 is 2.71 bits per heavy atom. The normalized spacial score (nSPS) is 17.2. The van der Waals surface area contributed by atoms with E-state index in [0.29, 0.717) is 27.9 Å². The van der Waals surface area contributed by atoms with Crippen LogP contribution in [0.1, 0.15) is 17.5 Å². The number of carboxylic acids is 1. The maximum absolute atomic E-state index is 11.0. The third kappa shape index (κ3) is 4.67. The Hall–Kier alpha value is -2.49. The molecule has 1 aliphatic rings. The lowest BCUT2D eigenvalue weighted by molar-refractivity contribution is -0.139. The molecule has 0 bridgehead atoms. The van der Waals surface area contributed by atoms with Crippen LogP contribution in [-0.2, 0) is 11.2 Å². The highest BCUT2D eigenvalue weighted by molar-refractivity contribution is 6.37. The second kappa shape index (κ2) is 8.68. The second-order valence-corrected chi connectivity index (χ2v) is 7.60. The minimum Gasteiger partial charge on any atom is -0.485 e. The quantitative estimate of drug-likeness (QED) is 0.757. The molecule has 28 heavy (non-hydrogen) atoms. The molecule has 2 aromatic rings. The van der Waals surface area contributed by atoms with Crippen LogP contribution in [0, 0.1) is 24.2 Å². The first kappa shape index (κ1) is 20.2. The van der Waals surface area contributed by atoms with E-state index in [-0.39, 0.29) is 12.5 Å². The predicted octanol–water partition coefficient (Wildman–Crippen LogP) is 4.12. The van der Waals surface area contributed by atoms with Crippen LogP contribution in [0.4, 0.5) is 5.82 Å². The molecule has 6 nitrogen and oxygen atoms in total. The van der Waals surface area contributed by atoms with Gasteiger partial charge in [0.1, 0.15) is 17.8 Å². The summed E-state index contributed by atoms with van der Waals surface area (Å²) < 4.78 is 6.03. The number of aliphatic carboxylic acids is 1. The van der Waals surface area contributed by atoms with Gasteiger partial charge in [0, 0.05) is 25.6 Å². The Kier molecular flexibility index (Phi) is 6.28. The second-order valence-electron chi connectivity index (χ2n) is 6.78. The summed E-state index contributed by atoms with van der Waals surface area (Å²) in [5.74, 6) is -0.916. The van der Waals surface area contributed by atoms with Crippen LogP contribution in [0.2, 0.25) is 10.0 Å². The number of aromatic nitrogens is 1. The SMILES string of the molecule is Cc1cc(Cl)c(O[C@H]2CCN(c3ccc(C[C@H](C#N)C(=O)O)cn3)C2)c(Cl)c1. The molecular weight excluding hydrogens is 401 g/mol. The van der Waals surface area contributed by atoms with E-state index in [1.54, 1.807) is 18.3 Å². The molecule has 2 heterocycles. The molecule has 0 spiro atoms. The summed E-state index contributed by atoms with van der Waals surface area (Å²) in [6, 6.07) is 9.06. The van der Waals surface area contributed by atoms with Gasteiger partial charge in [-0.3, -0.25) is 4.79 Å². The van der Waals surface area contributed by atoms with Crippen molar-refractivity contribution >= 4 is 35.0 Å². The lowest BCUT2D eigenvalue weighted by Gasteiger charge is -2.19. The van der Waals surface area contributed by atoms with Gasteiger partial charge in [0.15, 0.2) is 5.75 Å². The van der Waals surface area contributed by atoms with Crippen LogP contribution in [0.15, 0.2) is 30.5 Å². The summed E-state index contributed by atoms with van der Waals surface area (Å²) in [6.07, 6.45) is 2.49. The smallest absolute Gasteiger partial charge is 0.321 e. The lowest BCUT2D eigenvalue weighted by Crippen LogP contribution is -2.25. The van der Waals surface area contributed by atoms with Gasteiger partial charge < -0.3 is 14.7 Å². The van der Waals surface area contributed by atoms with Crippen molar-refractivity contribution in [2.24, 2.45) is 5.92 Å². The van der Waals surface area contributed by atoms with Crippen LogP contribution in [0.5, 0.6) is 5.75 Å². The highest BCUT2D eigenvalue weighted by Gasteiger charge is 2.26. The zero-order valence-corrected chi connectivity index (χ0v) is 16.7. The predicted molar refractivity (Wildman–Crippen MR) is 107 cm³/mol. The van der Waals surface area contributed by atoms with E-state index in [2.05, 4.69) is 9.88 Å². The van der Waals surface area contributed by atoms with Crippen LogP contribution >= 0.6 is 23.2 Å². The van der Waals surface area contributed by atoms with Crippen molar-refractivity contribution < 1.29 is 14.6 Å². The Morgan fingerprint density at radius 2 is 2.14 bits per heavy atom. The molecule has 3 rings (SSSR count). The average molecular weight is 420 g/mol. The van der Waals surface area contributed by atoms with Gasteiger partial charge in [-0.15, -0.1) is 0 Å². The van der Waals surface area contributed by atoms with Gasteiger partial charge in [-0.2, -0.15) is 5.26 Å². The molecule has 2 atom stereocenters. The third-order valence-electron chi connectivity index (χ3n) is 4.60. The fraction of sp³-hybridized carbons (Fsp3) is 0.350. The van der Waals surface area contributed by atoms with Gasteiger partial charge in [0.2, 0.25) is 0 Å². The van der Waals surface area contributed by atoms with Crippen molar-refractivity contribution in [1.29, 1.82) is 5.26 Å². The number of carboxylic acid groups (broad SMARTS) is 1. The number of halogens is 2. The molecule has 1 saturated heterocycles. The zero-order valence-electron chi connectivity index (χ0n) is 15.2. The molecule has 146 valence electrons. The molecule has 0 unspecified atom stereocenters. The van der Waals surface area contributed by atoms with Gasteiger partial charge in [-0.25, -0.2) is 4.98 Å². The number of anilines is 1. The van der Waals surface area contributed by atoms with Crippen molar-refractivity contribution in [3.8, 4) is 11.8 Å². The molecule has 8 heteroatoms. The fourth-order valence-corrected chi connectivity index (χ4v) is 3.83. The van der Waals surface area contributed by atoms with Crippen molar-refractivity contribution in [3.63, 3.8) is 0 Å². The van der Waals surface area contributed by atoms with E-state index in [4.69, 9.17) is 38.3 Å². The van der Waals surface area contributed by atoms with E-state index in [0.717, 1.165) is 24.3 Å². The standard InChI is InChI=1S/C20H19Cl2N3O3/c1-12-6-16(21)19(17(22)7-12)28-15-4-5-25(11-15)18-3-2-13(10-24-18)8-14(9-23)20(26)27/h2-3,6-7,10,14-15H,4-5,8,11H2,1H3,(H,26,27)/t14-,15+/m1/s1. The highest BCUT2D eigenvalue weighted by Crippen LogP contribution is 2.36. The number of nitriles is 1. The maximum atomic E-state index is 11.0. The average Bonchev–Trinajstić information content (AvgIpc) is 3.11. The van der Waals surface area contributed by atoms with Gasteiger partial charge in [0.05, 0.1) is 22.7 Å². The van der Waals surface area contributed by atoms with Crippen molar-refractivity contribution in [1.82, 2.24) is 4.98 Å². The third-order valence-corrected chi connectivity index (χ3v) is 5.16. The van der Waals surface area contributed by atoms with E-state index >= 15 is 0 Å². The number of aryl methyl sites for hydroxylation is 1. The summed E-state index contributed by atoms with van der Waals surface area (Å²) in [4.78, 5) is 17.5. The zero-order chi connectivity index (χ0) is 20.3. The first-order valence-electron chi connectivity index (χ1n) is 8.82. The first-order valence-corrected chi connectivity index (χ1v) is 9.57. The van der Waals surface area contributed by atoms with Gasteiger partial charge in [-0.05, 0) is 36.2 Å². The van der Waals surface area contributed by atoms with Gasteiger partial charge >= 0.3 is 5.97 Å². The molecular formula is C20H19Cl2N3O3. The Morgan fingerprint density at radius 1 is 1.43 bits per heavy atom. The largest absolute Gasteiger partial charge is 0.485 e. The van der Waals surface area contributed by atoms with Gasteiger partial charge in [0.25, 0.3) is 0 Å². The minimum atomic E-state index is -1.13. The molecule has 1 aromatic heterocycles. The lowest BCUT2D eigenvalue weighted by atomic mass is 10.0. The number of benzene rings is 1. The number of hydrogen-bond acceptors (Lipinski definition) is 5. The summed E-state index contributed by atoms with van der Waals surface area (Å²) in [5, 5.41) is 18.9. The van der Waals surface area contributed by atoms with E-state index in [1.807, 2.05) is 25.1 Å². The minimum absolute atomic E-state index is 0.0610. The summed E-state index contributed by atoms with van der Waals surface area (Å²) >= 11 is 12.5. The van der Waals surface area contributed by atoms with E-state index < -0.39 is 11.9 Å². The van der Waals surface area contributed by atoms with Crippen LogP contribution in [0.25, 0.3) is 0 Å². The highest BCUT2D eigenvalue weighted by atomic mass is 35.5. The van der Waals surface area contributed by atoms with Crippen LogP contribution in [-0.4, -0.2) is 35.3 Å². The molecule has 1 fully saturated rings. The van der Waals surface area contributed by atoms with Crippen molar-refractivity contribution in [2.45, 2.75) is 25.9 Å². The molecule has 0 aliphatic carbocycles. The first-order chi connectivity index (χ1) is 13.4. The number of pyridine rings is 1. The van der Waals surface area contributed by atoms with Gasteiger partial charge in [-0.1, -0.05) is 29.3 Å². The number of hydrogen-bond donors (Lipinski definition) is 1. The number of carbonyl (C=O) groups is 1. The molecule has 1 aromatic carbocycles. The Labute approximate surface area is 173 Å². The maximum Gasteiger partial charge on any atom is 0.321 e. The molecule has 1 aliphatic heterocycles. The Bertz CT molecular complexity index is 889. The fourth-order valence-electron chi connectivity index (χ4n) is 3.15. The van der Waals surface area contributed by atoms with E-state index in [1.165, 1.54) is 0 Å². The molecule has 1 N–H and O–H groups in total. The van der Waals surface area contributed by atoms with Crippen LogP contribution < -0.4 is 9.64 Å². The van der Waals surface area contributed by atoms with Crippen LogP contribution in [0.3, 0.4) is 0 Å². The Balaban J connectivity index is 1.63. The number of ether oxygens (including phenoxy) is 1. The summed E-state index contributed by atoms with van der Waals surface area (Å²) in [5.41, 5.74) is 1.68. The summed E-state index contributed by atoms with van der Waals surface area (Å²) in [6.45, 7) is 3.33.